The molecular formula is C23H19N3O5S. The van der Waals surface area contributed by atoms with E-state index in [1.54, 1.807) is 56.6 Å². The Morgan fingerprint density at radius 3 is 2.72 bits per heavy atom. The standard InChI is InChI=1S/C23H19N3O5S/c1-26(22(27)19-11-6-12-32-19)18-10-4-3-9-17(18)23(28)30-14-20-24-21(25-31-20)15-7-5-8-16(13-15)29-2/h3-13H,14H2,1-2H3. The van der Waals surface area contributed by atoms with Crippen LogP contribution in [0.1, 0.15) is 25.9 Å². The van der Waals surface area contributed by atoms with E-state index in [0.717, 1.165) is 0 Å². The number of hydrogen-bond donors (Lipinski definition) is 0. The molecule has 4 rings (SSSR count). The molecule has 0 aliphatic rings. The van der Waals surface area contributed by atoms with E-state index in [1.165, 1.54) is 16.2 Å². The number of hydrogen-bond acceptors (Lipinski definition) is 8. The molecule has 1 amide bonds. The van der Waals surface area contributed by atoms with Crippen molar-refractivity contribution < 1.29 is 23.6 Å². The number of para-hydroxylation sites is 1. The fraction of sp³-hybridized carbons (Fsp3) is 0.130. The lowest BCUT2D eigenvalue weighted by atomic mass is 10.1. The van der Waals surface area contributed by atoms with E-state index >= 15 is 0 Å². The second-order valence-corrected chi connectivity index (χ2v) is 7.63. The zero-order valence-corrected chi connectivity index (χ0v) is 18.2. The molecule has 9 heteroatoms. The van der Waals surface area contributed by atoms with Gasteiger partial charge in [-0.2, -0.15) is 4.98 Å². The summed E-state index contributed by atoms with van der Waals surface area (Å²) < 4.78 is 15.8. The number of nitrogens with zero attached hydrogens (tertiary/aromatic N) is 3. The van der Waals surface area contributed by atoms with Gasteiger partial charge in [0.05, 0.1) is 23.2 Å². The van der Waals surface area contributed by atoms with Gasteiger partial charge in [-0.15, -0.1) is 11.3 Å². The predicted octanol–water partition coefficient (Wildman–Crippen LogP) is 4.44. The van der Waals surface area contributed by atoms with Crippen molar-refractivity contribution in [3.05, 3.63) is 82.4 Å². The van der Waals surface area contributed by atoms with Crippen molar-refractivity contribution in [2.45, 2.75) is 6.61 Å². The van der Waals surface area contributed by atoms with Crippen molar-refractivity contribution in [1.29, 1.82) is 0 Å². The van der Waals surface area contributed by atoms with Crippen molar-refractivity contribution in [1.82, 2.24) is 10.1 Å². The van der Waals surface area contributed by atoms with Gasteiger partial charge in [-0.3, -0.25) is 4.79 Å². The molecule has 0 radical (unpaired) electrons. The second-order valence-electron chi connectivity index (χ2n) is 6.68. The zero-order valence-electron chi connectivity index (χ0n) is 17.3. The van der Waals surface area contributed by atoms with Crippen LogP contribution in [0.15, 0.2) is 70.6 Å². The molecule has 0 unspecified atom stereocenters. The van der Waals surface area contributed by atoms with Crippen molar-refractivity contribution in [2.24, 2.45) is 0 Å². The molecule has 2 heterocycles. The van der Waals surface area contributed by atoms with Crippen LogP contribution in [0.5, 0.6) is 5.75 Å². The van der Waals surface area contributed by atoms with Gasteiger partial charge < -0.3 is 18.9 Å². The van der Waals surface area contributed by atoms with E-state index < -0.39 is 5.97 Å². The molecule has 162 valence electrons. The molecule has 0 atom stereocenters. The highest BCUT2D eigenvalue weighted by Gasteiger charge is 2.21. The van der Waals surface area contributed by atoms with Crippen LogP contribution in [0.3, 0.4) is 0 Å². The maximum absolute atomic E-state index is 12.7. The number of thiophene rings is 1. The Hall–Kier alpha value is -3.98. The quantitative estimate of drug-likeness (QED) is 0.385. The average Bonchev–Trinajstić information content (AvgIpc) is 3.54. The van der Waals surface area contributed by atoms with Gasteiger partial charge in [0.2, 0.25) is 5.82 Å². The summed E-state index contributed by atoms with van der Waals surface area (Å²) in [5.41, 5.74) is 1.41. The van der Waals surface area contributed by atoms with Gasteiger partial charge in [0, 0.05) is 12.6 Å². The fourth-order valence-corrected chi connectivity index (χ4v) is 3.71. The molecule has 0 fully saturated rings. The molecule has 0 aliphatic heterocycles. The Balaban J connectivity index is 1.46. The van der Waals surface area contributed by atoms with E-state index in [1.807, 2.05) is 23.6 Å². The SMILES string of the molecule is COc1cccc(-c2noc(COC(=O)c3ccccc3N(C)C(=O)c3cccs3)n2)c1. The van der Waals surface area contributed by atoms with Crippen LogP contribution < -0.4 is 9.64 Å². The Morgan fingerprint density at radius 1 is 1.09 bits per heavy atom. The zero-order chi connectivity index (χ0) is 22.5. The number of esters is 1. The lowest BCUT2D eigenvalue weighted by molar-refractivity contribution is 0.0430. The topological polar surface area (TPSA) is 94.8 Å². The van der Waals surface area contributed by atoms with Crippen LogP contribution in [0, 0.1) is 0 Å². The Bertz CT molecular complexity index is 1240. The first-order valence-corrected chi connectivity index (χ1v) is 10.5. The monoisotopic (exact) mass is 449 g/mol. The minimum absolute atomic E-state index is 0.150. The minimum atomic E-state index is -0.604. The molecular weight excluding hydrogens is 430 g/mol. The van der Waals surface area contributed by atoms with Crippen LogP contribution in [0.25, 0.3) is 11.4 Å². The molecule has 0 aliphatic carbocycles. The Kier molecular flexibility index (Phi) is 6.27. The third-order valence-corrected chi connectivity index (χ3v) is 5.50. The summed E-state index contributed by atoms with van der Waals surface area (Å²) in [6.07, 6.45) is 0. The third kappa shape index (κ3) is 4.52. The number of aromatic nitrogens is 2. The van der Waals surface area contributed by atoms with E-state index in [-0.39, 0.29) is 24.0 Å². The van der Waals surface area contributed by atoms with Crippen molar-refractivity contribution in [3.8, 4) is 17.1 Å². The number of benzene rings is 2. The molecule has 0 N–H and O–H groups in total. The van der Waals surface area contributed by atoms with Gasteiger partial charge in [-0.25, -0.2) is 4.79 Å². The van der Waals surface area contributed by atoms with Crippen LogP contribution >= 0.6 is 11.3 Å². The molecule has 0 bridgehead atoms. The summed E-state index contributed by atoms with van der Waals surface area (Å²) in [7, 11) is 3.19. The van der Waals surface area contributed by atoms with Gasteiger partial charge in [0.1, 0.15) is 5.75 Å². The number of amides is 1. The molecule has 2 aromatic heterocycles. The summed E-state index contributed by atoms with van der Waals surface area (Å²) in [5.74, 6) is 0.360. The van der Waals surface area contributed by atoms with Crippen LogP contribution in [0.2, 0.25) is 0 Å². The van der Waals surface area contributed by atoms with Gasteiger partial charge in [0.15, 0.2) is 6.61 Å². The Morgan fingerprint density at radius 2 is 1.94 bits per heavy atom. The molecule has 0 spiro atoms. The minimum Gasteiger partial charge on any atom is -0.497 e. The predicted molar refractivity (Wildman–Crippen MR) is 119 cm³/mol. The molecule has 0 saturated heterocycles. The molecule has 2 aromatic carbocycles. The van der Waals surface area contributed by atoms with Crippen molar-refractivity contribution in [3.63, 3.8) is 0 Å². The smallest absolute Gasteiger partial charge is 0.340 e. The van der Waals surface area contributed by atoms with Crippen LogP contribution in [-0.2, 0) is 11.3 Å². The maximum atomic E-state index is 12.7. The molecule has 4 aromatic rings. The number of carbonyl (C=O) groups excluding carboxylic acids is 2. The van der Waals surface area contributed by atoms with E-state index in [9.17, 15) is 9.59 Å². The lowest BCUT2D eigenvalue weighted by Crippen LogP contribution is -2.27. The highest BCUT2D eigenvalue weighted by molar-refractivity contribution is 7.12. The van der Waals surface area contributed by atoms with Gasteiger partial charge >= 0.3 is 5.97 Å². The van der Waals surface area contributed by atoms with Gasteiger partial charge in [0.25, 0.3) is 11.8 Å². The van der Waals surface area contributed by atoms with Crippen LogP contribution in [-0.4, -0.2) is 36.2 Å². The summed E-state index contributed by atoms with van der Waals surface area (Å²) in [6.45, 7) is -0.202. The van der Waals surface area contributed by atoms with Gasteiger partial charge in [-0.1, -0.05) is 35.5 Å². The Labute approximate surface area is 188 Å². The molecule has 0 saturated carbocycles. The lowest BCUT2D eigenvalue weighted by Gasteiger charge is -2.19. The van der Waals surface area contributed by atoms with Crippen molar-refractivity contribution >= 4 is 28.9 Å². The first-order chi connectivity index (χ1) is 15.6. The second kappa shape index (κ2) is 9.44. The molecule has 32 heavy (non-hydrogen) atoms. The van der Waals surface area contributed by atoms with E-state index in [2.05, 4.69) is 10.1 Å². The maximum Gasteiger partial charge on any atom is 0.340 e. The fourth-order valence-electron chi connectivity index (χ4n) is 3.01. The van der Waals surface area contributed by atoms with E-state index in [4.69, 9.17) is 14.0 Å². The van der Waals surface area contributed by atoms with E-state index in [0.29, 0.717) is 27.7 Å². The summed E-state index contributed by atoms with van der Waals surface area (Å²) in [4.78, 5) is 31.7. The highest BCUT2D eigenvalue weighted by atomic mass is 32.1. The number of ether oxygens (including phenoxy) is 2. The molecule has 8 nitrogen and oxygen atoms in total. The average molecular weight is 449 g/mol. The number of methoxy groups -OCH3 is 1. The normalized spacial score (nSPS) is 10.6. The summed E-state index contributed by atoms with van der Waals surface area (Å²) >= 11 is 1.34. The third-order valence-electron chi connectivity index (χ3n) is 4.64. The van der Waals surface area contributed by atoms with Gasteiger partial charge in [-0.05, 0) is 35.7 Å². The van der Waals surface area contributed by atoms with Crippen molar-refractivity contribution in [2.75, 3.05) is 19.1 Å². The largest absolute Gasteiger partial charge is 0.497 e. The first kappa shape index (κ1) is 21.3. The first-order valence-electron chi connectivity index (χ1n) is 9.61. The summed E-state index contributed by atoms with van der Waals surface area (Å²) in [6, 6.07) is 17.5. The van der Waals surface area contributed by atoms with Crippen LogP contribution in [0.4, 0.5) is 5.69 Å². The number of carbonyl (C=O) groups is 2. The number of rotatable bonds is 7. The number of anilines is 1. The highest BCUT2D eigenvalue weighted by Crippen LogP contribution is 2.24. The summed E-state index contributed by atoms with van der Waals surface area (Å²) in [5, 5.41) is 5.75.